The Bertz CT molecular complexity index is 865. The highest BCUT2D eigenvalue weighted by Gasteiger charge is 2.32. The van der Waals surface area contributed by atoms with Crippen LogP contribution in [0.4, 0.5) is 5.69 Å². The fraction of sp³-hybridized carbons (Fsp3) is 0.400. The topological polar surface area (TPSA) is 96.0 Å². The number of hydrogen-bond donors (Lipinski definition) is 1. The van der Waals surface area contributed by atoms with Crippen molar-refractivity contribution in [2.24, 2.45) is 11.8 Å². The van der Waals surface area contributed by atoms with Crippen LogP contribution in [0.2, 0.25) is 0 Å². The van der Waals surface area contributed by atoms with Gasteiger partial charge in [0, 0.05) is 35.1 Å². The zero-order chi connectivity index (χ0) is 20.1. The lowest BCUT2D eigenvalue weighted by Crippen LogP contribution is -2.28. The molecule has 6 nitrogen and oxygen atoms in total. The van der Waals surface area contributed by atoms with Crippen LogP contribution >= 0.6 is 11.8 Å². The van der Waals surface area contributed by atoms with Crippen molar-refractivity contribution in [3.8, 4) is 6.07 Å². The normalized spacial score (nSPS) is 17.0. The van der Waals surface area contributed by atoms with Crippen molar-refractivity contribution in [3.63, 3.8) is 0 Å². The van der Waals surface area contributed by atoms with Crippen molar-refractivity contribution in [2.75, 3.05) is 0 Å². The molecule has 142 valence electrons. The molecule has 1 N–H and O–H groups in total. The van der Waals surface area contributed by atoms with Crippen molar-refractivity contribution in [2.45, 2.75) is 39.9 Å². The maximum absolute atomic E-state index is 12.1. The molecular weight excluding hydrogens is 362 g/mol. The second kappa shape index (κ2) is 8.87. The minimum atomic E-state index is -0.419. The fourth-order valence-corrected chi connectivity index (χ4v) is 4.30. The summed E-state index contributed by atoms with van der Waals surface area (Å²) in [7, 11) is 0. The van der Waals surface area contributed by atoms with Gasteiger partial charge in [-0.25, -0.2) is 0 Å². The maximum Gasteiger partial charge on any atom is 0.269 e. The number of carbonyl (C=O) groups is 1. The summed E-state index contributed by atoms with van der Waals surface area (Å²) in [5, 5.41) is 24.6. The summed E-state index contributed by atoms with van der Waals surface area (Å²) in [5.74, 6) is 0.579. The number of nitro benzene ring substituents is 1. The van der Waals surface area contributed by atoms with Gasteiger partial charge in [-0.05, 0) is 31.7 Å². The third-order valence-corrected chi connectivity index (χ3v) is 5.45. The van der Waals surface area contributed by atoms with E-state index in [1.807, 2.05) is 13.0 Å². The molecule has 27 heavy (non-hydrogen) atoms. The largest absolute Gasteiger partial charge is 0.353 e. The third-order valence-electron chi connectivity index (χ3n) is 4.36. The number of rotatable bonds is 7. The average Bonchev–Trinajstić information content (AvgIpc) is 2.59. The molecule has 0 fully saturated rings. The number of thioether (sulfide) groups is 1. The van der Waals surface area contributed by atoms with E-state index in [1.54, 1.807) is 6.07 Å². The molecule has 0 radical (unpaired) electrons. The number of hydrogen-bond acceptors (Lipinski definition) is 6. The number of Topliss-reactive ketones (excluding diaryl/α,β-unsaturated/α-hetero) is 1. The lowest BCUT2D eigenvalue weighted by molar-refractivity contribution is -0.384. The number of nitriles is 1. The van der Waals surface area contributed by atoms with Crippen LogP contribution in [0.25, 0.3) is 0 Å². The number of dihydropyridines is 1. The Labute approximate surface area is 163 Å². The Morgan fingerprint density at radius 2 is 2.15 bits per heavy atom. The molecule has 2 rings (SSSR count). The van der Waals surface area contributed by atoms with Crippen molar-refractivity contribution in [3.05, 3.63) is 61.8 Å². The first kappa shape index (κ1) is 20.7. The van der Waals surface area contributed by atoms with Gasteiger partial charge in [0.1, 0.15) is 0 Å². The molecule has 1 aliphatic rings. The van der Waals surface area contributed by atoms with Crippen LogP contribution in [0.5, 0.6) is 0 Å². The highest BCUT2D eigenvalue weighted by atomic mass is 32.2. The minimum Gasteiger partial charge on any atom is -0.353 e. The lowest BCUT2D eigenvalue weighted by atomic mass is 9.81. The van der Waals surface area contributed by atoms with Gasteiger partial charge in [0.05, 0.1) is 21.6 Å². The second-order valence-electron chi connectivity index (χ2n) is 6.97. The van der Waals surface area contributed by atoms with Gasteiger partial charge in [-0.2, -0.15) is 5.26 Å². The molecule has 0 saturated heterocycles. The number of carbonyl (C=O) groups excluding carboxylic acids is 1. The number of non-ortho nitro benzene ring substituents is 1. The monoisotopic (exact) mass is 385 g/mol. The summed E-state index contributed by atoms with van der Waals surface area (Å²) in [6.45, 7) is 7.52. The van der Waals surface area contributed by atoms with E-state index in [9.17, 15) is 20.2 Å². The number of benzene rings is 1. The van der Waals surface area contributed by atoms with Gasteiger partial charge in [0.15, 0.2) is 5.78 Å². The van der Waals surface area contributed by atoms with E-state index >= 15 is 0 Å². The summed E-state index contributed by atoms with van der Waals surface area (Å²) in [6.07, 6.45) is 0.720. The molecule has 1 aromatic rings. The molecule has 1 aliphatic heterocycles. The maximum atomic E-state index is 12.1. The smallest absolute Gasteiger partial charge is 0.269 e. The Balaban J connectivity index is 2.31. The third kappa shape index (κ3) is 4.98. The Hall–Kier alpha value is -2.59. The van der Waals surface area contributed by atoms with Gasteiger partial charge >= 0.3 is 0 Å². The van der Waals surface area contributed by atoms with Crippen molar-refractivity contribution in [1.82, 2.24) is 5.32 Å². The van der Waals surface area contributed by atoms with Crippen molar-refractivity contribution < 1.29 is 9.72 Å². The molecule has 1 heterocycles. The highest BCUT2D eigenvalue weighted by Crippen LogP contribution is 2.38. The van der Waals surface area contributed by atoms with E-state index in [2.05, 4.69) is 25.2 Å². The Morgan fingerprint density at radius 1 is 1.44 bits per heavy atom. The molecule has 0 amide bonds. The van der Waals surface area contributed by atoms with Gasteiger partial charge in [-0.15, -0.1) is 11.8 Å². The first-order valence-electron chi connectivity index (χ1n) is 8.73. The summed E-state index contributed by atoms with van der Waals surface area (Å²) < 4.78 is 0. The highest BCUT2D eigenvalue weighted by molar-refractivity contribution is 8.02. The number of ketones is 1. The van der Waals surface area contributed by atoms with E-state index in [0.29, 0.717) is 22.8 Å². The summed E-state index contributed by atoms with van der Waals surface area (Å²) >= 11 is 1.43. The van der Waals surface area contributed by atoms with Crippen LogP contribution in [-0.4, -0.2) is 10.7 Å². The van der Waals surface area contributed by atoms with Gasteiger partial charge in [-0.1, -0.05) is 26.0 Å². The van der Waals surface area contributed by atoms with Crippen LogP contribution in [-0.2, 0) is 10.5 Å². The van der Waals surface area contributed by atoms with Gasteiger partial charge in [0.25, 0.3) is 5.69 Å². The lowest BCUT2D eigenvalue weighted by Gasteiger charge is -2.30. The SMILES string of the molecule is CC(=O)C1=C(C)NC(SCc2cccc([N+](=O)[O-])c2)=C(C#N)[C@H]1CC(C)C. The molecule has 1 aromatic carbocycles. The zero-order valence-electron chi connectivity index (χ0n) is 15.9. The van der Waals surface area contributed by atoms with Crippen LogP contribution in [0, 0.1) is 33.3 Å². The summed E-state index contributed by atoms with van der Waals surface area (Å²) in [5.41, 5.74) is 2.86. The van der Waals surface area contributed by atoms with E-state index in [0.717, 1.165) is 22.7 Å². The van der Waals surface area contributed by atoms with Crippen LogP contribution in [0.1, 0.15) is 39.7 Å². The molecule has 0 bridgehead atoms. The average molecular weight is 385 g/mol. The summed E-state index contributed by atoms with van der Waals surface area (Å²) in [6, 6.07) is 8.76. The van der Waals surface area contributed by atoms with Crippen molar-refractivity contribution in [1.29, 1.82) is 5.26 Å². The molecule has 0 saturated carbocycles. The number of allylic oxidation sites excluding steroid dienone is 3. The summed E-state index contributed by atoms with van der Waals surface area (Å²) in [4.78, 5) is 22.7. The first-order valence-corrected chi connectivity index (χ1v) is 9.72. The van der Waals surface area contributed by atoms with E-state index < -0.39 is 4.92 Å². The standard InChI is InChI=1S/C20H23N3O3S/c1-12(2)8-17-18(10-21)20(22-13(3)19(17)14(4)24)27-11-15-6-5-7-16(9-15)23(25)26/h5-7,9,12,17,22H,8,11H2,1-4H3/t17-/m1/s1. The zero-order valence-corrected chi connectivity index (χ0v) is 16.7. The molecule has 0 spiro atoms. The predicted molar refractivity (Wildman–Crippen MR) is 106 cm³/mol. The van der Waals surface area contributed by atoms with E-state index in [-0.39, 0.29) is 17.4 Å². The number of nitrogens with zero attached hydrogens (tertiary/aromatic N) is 2. The van der Waals surface area contributed by atoms with Crippen LogP contribution < -0.4 is 5.32 Å². The van der Waals surface area contributed by atoms with Crippen LogP contribution in [0.3, 0.4) is 0 Å². The first-order chi connectivity index (χ1) is 12.7. The molecular formula is C20H23N3O3S. The van der Waals surface area contributed by atoms with Crippen molar-refractivity contribution >= 4 is 23.2 Å². The van der Waals surface area contributed by atoms with E-state index in [4.69, 9.17) is 0 Å². The number of nitrogens with one attached hydrogen (secondary N) is 1. The molecule has 7 heteroatoms. The van der Waals surface area contributed by atoms with Gasteiger partial charge in [-0.3, -0.25) is 14.9 Å². The quantitative estimate of drug-likeness (QED) is 0.540. The number of nitro groups is 1. The predicted octanol–water partition coefficient (Wildman–Crippen LogP) is 4.69. The molecule has 1 atom stereocenters. The fourth-order valence-electron chi connectivity index (χ4n) is 3.24. The molecule has 0 unspecified atom stereocenters. The molecule has 0 aliphatic carbocycles. The Morgan fingerprint density at radius 3 is 2.70 bits per heavy atom. The van der Waals surface area contributed by atoms with Gasteiger partial charge in [0.2, 0.25) is 0 Å². The van der Waals surface area contributed by atoms with Crippen LogP contribution in [0.15, 0.2) is 46.1 Å². The Kier molecular flexibility index (Phi) is 6.81. The molecule has 0 aromatic heterocycles. The van der Waals surface area contributed by atoms with E-state index in [1.165, 1.54) is 30.8 Å². The second-order valence-corrected chi connectivity index (χ2v) is 7.96. The van der Waals surface area contributed by atoms with Gasteiger partial charge < -0.3 is 5.32 Å². The minimum absolute atomic E-state index is 0.0267.